The third kappa shape index (κ3) is 1.62. The zero-order valence-electron chi connectivity index (χ0n) is 8.03. The van der Waals surface area contributed by atoms with Crippen molar-refractivity contribution in [3.05, 3.63) is 35.9 Å². The summed E-state index contributed by atoms with van der Waals surface area (Å²) in [6, 6.07) is 7.97. The molecule has 1 aromatic rings. The number of hydrogen-bond donors (Lipinski definition) is 1. The number of nitrogens with one attached hydrogen (secondary N) is 1. The van der Waals surface area contributed by atoms with Gasteiger partial charge in [0.2, 0.25) is 5.91 Å². The zero-order chi connectivity index (χ0) is 9.97. The highest BCUT2D eigenvalue weighted by molar-refractivity contribution is 5.78. The van der Waals surface area contributed by atoms with E-state index in [0.29, 0.717) is 0 Å². The molecule has 1 heterocycles. The van der Waals surface area contributed by atoms with Gasteiger partial charge in [0.15, 0.2) is 0 Å². The molecule has 2 rings (SSSR count). The Labute approximate surface area is 83.0 Å². The highest BCUT2D eigenvalue weighted by Gasteiger charge is 2.12. The Morgan fingerprint density at radius 3 is 3.00 bits per heavy atom. The van der Waals surface area contributed by atoms with Crippen LogP contribution in [0, 0.1) is 0 Å². The van der Waals surface area contributed by atoms with Gasteiger partial charge in [-0.1, -0.05) is 30.4 Å². The van der Waals surface area contributed by atoms with Crippen molar-refractivity contribution in [1.29, 1.82) is 0 Å². The summed E-state index contributed by atoms with van der Waals surface area (Å²) >= 11 is 0. The predicted molar refractivity (Wildman–Crippen MR) is 56.6 cm³/mol. The molecular weight excluding hydrogens is 176 g/mol. The van der Waals surface area contributed by atoms with Crippen LogP contribution < -0.4 is 10.4 Å². The molecule has 3 heteroatoms. The van der Waals surface area contributed by atoms with E-state index in [2.05, 4.69) is 11.5 Å². The van der Waals surface area contributed by atoms with Crippen molar-refractivity contribution in [3.63, 3.8) is 0 Å². The first-order valence-corrected chi connectivity index (χ1v) is 4.58. The second kappa shape index (κ2) is 3.54. The largest absolute Gasteiger partial charge is 0.281 e. The summed E-state index contributed by atoms with van der Waals surface area (Å²) in [5, 5.41) is 1.84. The molecule has 0 radical (unpaired) electrons. The fourth-order valence-corrected chi connectivity index (χ4v) is 1.55. The topological polar surface area (TPSA) is 32.3 Å². The van der Waals surface area contributed by atoms with Gasteiger partial charge in [-0.05, 0) is 11.6 Å². The third-order valence-electron chi connectivity index (χ3n) is 2.11. The number of hydrazine groups is 1. The number of para-hydroxylation sites is 1. The van der Waals surface area contributed by atoms with Gasteiger partial charge in [0.05, 0.1) is 12.2 Å². The lowest BCUT2D eigenvalue weighted by molar-refractivity contribution is -0.119. The van der Waals surface area contributed by atoms with Crippen LogP contribution in [0.25, 0.3) is 6.08 Å². The quantitative estimate of drug-likeness (QED) is 0.725. The number of fused-ring (bicyclic) bond motifs is 1. The fraction of sp³-hybridized carbons (Fsp3) is 0.182. The van der Waals surface area contributed by atoms with Gasteiger partial charge in [0.25, 0.3) is 0 Å². The van der Waals surface area contributed by atoms with E-state index in [1.54, 1.807) is 0 Å². The summed E-state index contributed by atoms with van der Waals surface area (Å²) < 4.78 is 0. The standard InChI is InChI=1S/C11H12N2O/c1-9(14)12-13-8-4-6-10-5-2-3-7-11(10)13/h2-7H,8H2,1H3,(H,12,14). The van der Waals surface area contributed by atoms with Gasteiger partial charge in [0, 0.05) is 6.92 Å². The molecule has 0 saturated heterocycles. The minimum absolute atomic E-state index is 0.0462. The lowest BCUT2D eigenvalue weighted by Crippen LogP contribution is -2.42. The molecule has 0 saturated carbocycles. The molecule has 1 N–H and O–H groups in total. The first-order valence-electron chi connectivity index (χ1n) is 4.58. The van der Waals surface area contributed by atoms with Gasteiger partial charge in [-0.2, -0.15) is 0 Å². The zero-order valence-corrected chi connectivity index (χ0v) is 8.03. The minimum Gasteiger partial charge on any atom is -0.281 e. The molecule has 0 aromatic heterocycles. The summed E-state index contributed by atoms with van der Waals surface area (Å²) in [5.41, 5.74) is 4.96. The van der Waals surface area contributed by atoms with Crippen molar-refractivity contribution in [3.8, 4) is 0 Å². The number of carbonyl (C=O) groups is 1. The Bertz CT molecular complexity index is 385. The van der Waals surface area contributed by atoms with Crippen LogP contribution in [-0.4, -0.2) is 12.5 Å². The van der Waals surface area contributed by atoms with E-state index in [0.717, 1.165) is 17.8 Å². The van der Waals surface area contributed by atoms with E-state index in [4.69, 9.17) is 0 Å². The number of anilines is 1. The summed E-state index contributed by atoms with van der Waals surface area (Å²) in [7, 11) is 0. The molecule has 0 spiro atoms. The van der Waals surface area contributed by atoms with E-state index in [-0.39, 0.29) is 5.91 Å². The van der Waals surface area contributed by atoms with E-state index in [1.807, 2.05) is 35.4 Å². The van der Waals surface area contributed by atoms with Crippen molar-refractivity contribution in [2.45, 2.75) is 6.92 Å². The van der Waals surface area contributed by atoms with Crippen LogP contribution in [0.2, 0.25) is 0 Å². The summed E-state index contributed by atoms with van der Waals surface area (Å²) in [4.78, 5) is 10.9. The molecule has 1 aliphatic rings. The number of carbonyl (C=O) groups excluding carboxylic acids is 1. The third-order valence-corrected chi connectivity index (χ3v) is 2.11. The normalized spacial score (nSPS) is 13.6. The number of benzene rings is 1. The van der Waals surface area contributed by atoms with Crippen LogP contribution in [0.3, 0.4) is 0 Å². The smallest absolute Gasteiger partial charge is 0.235 e. The highest BCUT2D eigenvalue weighted by atomic mass is 16.2. The molecule has 0 unspecified atom stereocenters. The summed E-state index contributed by atoms with van der Waals surface area (Å²) in [5.74, 6) is -0.0462. The summed E-state index contributed by atoms with van der Waals surface area (Å²) in [6.45, 7) is 2.23. The second-order valence-corrected chi connectivity index (χ2v) is 3.24. The van der Waals surface area contributed by atoms with Crippen LogP contribution in [0.4, 0.5) is 5.69 Å². The average Bonchev–Trinajstić information content (AvgIpc) is 2.18. The number of amides is 1. The SMILES string of the molecule is CC(=O)NN1CC=Cc2ccccc21. The van der Waals surface area contributed by atoms with Crippen molar-refractivity contribution in [1.82, 2.24) is 5.43 Å². The first-order chi connectivity index (χ1) is 6.77. The number of nitrogens with zero attached hydrogens (tertiary/aromatic N) is 1. The highest BCUT2D eigenvalue weighted by Crippen LogP contribution is 2.23. The maximum atomic E-state index is 10.9. The number of hydrogen-bond acceptors (Lipinski definition) is 2. The van der Waals surface area contributed by atoms with Gasteiger partial charge in [-0.15, -0.1) is 0 Å². The van der Waals surface area contributed by atoms with Gasteiger partial charge < -0.3 is 0 Å². The molecule has 14 heavy (non-hydrogen) atoms. The fourth-order valence-electron chi connectivity index (χ4n) is 1.55. The average molecular weight is 188 g/mol. The lowest BCUT2D eigenvalue weighted by Gasteiger charge is -2.27. The van der Waals surface area contributed by atoms with Crippen molar-refractivity contribution in [2.24, 2.45) is 0 Å². The first kappa shape index (κ1) is 8.81. The van der Waals surface area contributed by atoms with Gasteiger partial charge >= 0.3 is 0 Å². The Kier molecular flexibility index (Phi) is 2.23. The monoisotopic (exact) mass is 188 g/mol. The maximum absolute atomic E-state index is 10.9. The Hall–Kier alpha value is -1.77. The molecule has 0 fully saturated rings. The van der Waals surface area contributed by atoms with E-state index < -0.39 is 0 Å². The molecule has 1 amide bonds. The van der Waals surface area contributed by atoms with E-state index >= 15 is 0 Å². The van der Waals surface area contributed by atoms with Crippen LogP contribution in [0.15, 0.2) is 30.3 Å². The molecule has 72 valence electrons. The van der Waals surface area contributed by atoms with Crippen molar-refractivity contribution < 1.29 is 4.79 Å². The molecule has 0 bridgehead atoms. The maximum Gasteiger partial charge on any atom is 0.235 e. The van der Waals surface area contributed by atoms with Crippen LogP contribution in [-0.2, 0) is 4.79 Å². The van der Waals surface area contributed by atoms with Crippen molar-refractivity contribution in [2.75, 3.05) is 11.6 Å². The Morgan fingerprint density at radius 2 is 2.21 bits per heavy atom. The Morgan fingerprint density at radius 1 is 1.43 bits per heavy atom. The summed E-state index contributed by atoms with van der Waals surface area (Å²) in [6.07, 6.45) is 4.09. The molecule has 1 aliphatic heterocycles. The van der Waals surface area contributed by atoms with Crippen LogP contribution in [0.5, 0.6) is 0 Å². The predicted octanol–water partition coefficient (Wildman–Crippen LogP) is 1.57. The Balaban J connectivity index is 2.31. The van der Waals surface area contributed by atoms with Gasteiger partial charge in [-0.25, -0.2) is 0 Å². The molecule has 3 nitrogen and oxygen atoms in total. The molecular formula is C11H12N2O. The minimum atomic E-state index is -0.0462. The van der Waals surface area contributed by atoms with Crippen LogP contribution >= 0.6 is 0 Å². The molecule has 1 aromatic carbocycles. The van der Waals surface area contributed by atoms with Gasteiger partial charge in [0.1, 0.15) is 0 Å². The second-order valence-electron chi connectivity index (χ2n) is 3.24. The van der Waals surface area contributed by atoms with Gasteiger partial charge in [-0.3, -0.25) is 15.2 Å². The van der Waals surface area contributed by atoms with E-state index in [1.165, 1.54) is 6.92 Å². The van der Waals surface area contributed by atoms with Crippen molar-refractivity contribution >= 4 is 17.7 Å². The van der Waals surface area contributed by atoms with E-state index in [9.17, 15) is 4.79 Å². The molecule has 0 atom stereocenters. The number of rotatable bonds is 1. The lowest BCUT2D eigenvalue weighted by atomic mass is 10.1. The molecule has 0 aliphatic carbocycles. The van der Waals surface area contributed by atoms with Crippen LogP contribution in [0.1, 0.15) is 12.5 Å².